The summed E-state index contributed by atoms with van der Waals surface area (Å²) in [5.41, 5.74) is 2.51. The van der Waals surface area contributed by atoms with E-state index in [2.05, 4.69) is 5.32 Å². The Morgan fingerprint density at radius 1 is 1.26 bits per heavy atom. The highest BCUT2D eigenvalue weighted by Gasteiger charge is 2.32. The van der Waals surface area contributed by atoms with E-state index in [1.807, 2.05) is 26.0 Å². The molecule has 0 bridgehead atoms. The van der Waals surface area contributed by atoms with E-state index < -0.39 is 0 Å². The number of hydrogen-bond acceptors (Lipinski definition) is 3. The number of aliphatic hydroxyl groups excluding tert-OH is 1. The van der Waals surface area contributed by atoms with Gasteiger partial charge >= 0.3 is 0 Å². The van der Waals surface area contributed by atoms with Gasteiger partial charge in [0.05, 0.1) is 6.61 Å². The molecule has 1 aliphatic carbocycles. The second-order valence-electron chi connectivity index (χ2n) is 6.09. The van der Waals surface area contributed by atoms with Gasteiger partial charge < -0.3 is 15.3 Å². The fourth-order valence-electron chi connectivity index (χ4n) is 2.38. The Hall–Kier alpha value is -2.14. The molecular formula is C18H24N2O3. The summed E-state index contributed by atoms with van der Waals surface area (Å²) in [7, 11) is 0. The standard InChI is InChI=1S/C18H24N2O3/c1-13(2)11-17(22)19-12-14-3-5-15(6-4-14)18(23)20(9-10-21)16-7-8-16/h3-6,11,16,21H,7-10,12H2,1-2H3,(H,19,22). The number of carbonyl (C=O) groups excluding carboxylic acids is 2. The van der Waals surface area contributed by atoms with Gasteiger partial charge in [0.15, 0.2) is 0 Å². The molecule has 0 aliphatic heterocycles. The minimum Gasteiger partial charge on any atom is -0.395 e. The fourth-order valence-corrected chi connectivity index (χ4v) is 2.38. The monoisotopic (exact) mass is 316 g/mol. The zero-order chi connectivity index (χ0) is 16.8. The lowest BCUT2D eigenvalue weighted by Gasteiger charge is -2.21. The van der Waals surface area contributed by atoms with E-state index in [1.54, 1.807) is 23.1 Å². The molecule has 0 spiro atoms. The van der Waals surface area contributed by atoms with Crippen molar-refractivity contribution in [2.75, 3.05) is 13.2 Å². The van der Waals surface area contributed by atoms with Gasteiger partial charge in [0, 0.05) is 30.8 Å². The Kier molecular flexibility index (Phi) is 5.93. The third kappa shape index (κ3) is 5.21. The third-order valence-electron chi connectivity index (χ3n) is 3.68. The van der Waals surface area contributed by atoms with Gasteiger partial charge in [-0.25, -0.2) is 0 Å². The first-order chi connectivity index (χ1) is 11.0. The minimum absolute atomic E-state index is 0.0171. The van der Waals surface area contributed by atoms with Gasteiger partial charge in [-0.2, -0.15) is 0 Å². The molecule has 0 radical (unpaired) electrons. The predicted octanol–water partition coefficient (Wildman–Crippen LogP) is 1.87. The second kappa shape index (κ2) is 7.92. The van der Waals surface area contributed by atoms with Crippen molar-refractivity contribution in [3.63, 3.8) is 0 Å². The first kappa shape index (κ1) is 17.2. The maximum absolute atomic E-state index is 12.5. The Labute approximate surface area is 137 Å². The molecule has 1 fully saturated rings. The van der Waals surface area contributed by atoms with Gasteiger partial charge in [-0.05, 0) is 44.4 Å². The Morgan fingerprint density at radius 2 is 1.91 bits per heavy atom. The molecule has 0 aromatic heterocycles. The average Bonchev–Trinajstić information content (AvgIpc) is 3.34. The van der Waals surface area contributed by atoms with Crippen LogP contribution in [0.5, 0.6) is 0 Å². The Morgan fingerprint density at radius 3 is 2.43 bits per heavy atom. The van der Waals surface area contributed by atoms with Crippen molar-refractivity contribution in [1.29, 1.82) is 0 Å². The molecule has 0 atom stereocenters. The third-order valence-corrected chi connectivity index (χ3v) is 3.68. The highest BCUT2D eigenvalue weighted by molar-refractivity contribution is 5.94. The summed E-state index contributed by atoms with van der Waals surface area (Å²) in [6.07, 6.45) is 3.58. The quantitative estimate of drug-likeness (QED) is 0.755. The molecule has 0 saturated heterocycles. The molecule has 2 N–H and O–H groups in total. The highest BCUT2D eigenvalue weighted by Crippen LogP contribution is 2.28. The summed E-state index contributed by atoms with van der Waals surface area (Å²) >= 11 is 0. The first-order valence-corrected chi connectivity index (χ1v) is 7.94. The van der Waals surface area contributed by atoms with Crippen molar-refractivity contribution in [2.24, 2.45) is 0 Å². The summed E-state index contributed by atoms with van der Waals surface area (Å²) in [6.45, 7) is 4.54. The lowest BCUT2D eigenvalue weighted by molar-refractivity contribution is -0.116. The number of benzene rings is 1. The van der Waals surface area contributed by atoms with Gasteiger partial charge in [-0.15, -0.1) is 0 Å². The van der Waals surface area contributed by atoms with Crippen molar-refractivity contribution in [3.8, 4) is 0 Å². The molecule has 1 aromatic rings. The van der Waals surface area contributed by atoms with Crippen LogP contribution in [0, 0.1) is 0 Å². The van der Waals surface area contributed by atoms with Gasteiger partial charge in [0.1, 0.15) is 0 Å². The topological polar surface area (TPSA) is 69.6 Å². The van der Waals surface area contributed by atoms with Crippen LogP contribution in [-0.2, 0) is 11.3 Å². The van der Waals surface area contributed by atoms with E-state index in [9.17, 15) is 9.59 Å². The summed E-state index contributed by atoms with van der Waals surface area (Å²) in [5.74, 6) is -0.158. The van der Waals surface area contributed by atoms with Crippen molar-refractivity contribution < 1.29 is 14.7 Å². The van der Waals surface area contributed by atoms with Crippen molar-refractivity contribution in [1.82, 2.24) is 10.2 Å². The van der Waals surface area contributed by atoms with Crippen LogP contribution in [0.15, 0.2) is 35.9 Å². The van der Waals surface area contributed by atoms with E-state index in [0.29, 0.717) is 18.7 Å². The maximum Gasteiger partial charge on any atom is 0.254 e. The number of nitrogens with one attached hydrogen (secondary N) is 1. The maximum atomic E-state index is 12.5. The zero-order valence-electron chi connectivity index (χ0n) is 13.7. The van der Waals surface area contributed by atoms with Crippen LogP contribution in [0.3, 0.4) is 0 Å². The molecule has 5 nitrogen and oxygen atoms in total. The first-order valence-electron chi connectivity index (χ1n) is 7.94. The molecule has 1 saturated carbocycles. The summed E-state index contributed by atoms with van der Waals surface area (Å²) in [6, 6.07) is 7.52. The largest absolute Gasteiger partial charge is 0.395 e. The van der Waals surface area contributed by atoms with Gasteiger partial charge in [0.2, 0.25) is 5.91 Å². The average molecular weight is 316 g/mol. The minimum atomic E-state index is -0.118. The number of rotatable bonds is 7. The van der Waals surface area contributed by atoms with E-state index in [1.165, 1.54) is 0 Å². The van der Waals surface area contributed by atoms with Crippen molar-refractivity contribution >= 4 is 11.8 Å². The van der Waals surface area contributed by atoms with Gasteiger partial charge in [-0.1, -0.05) is 17.7 Å². The molecule has 1 aliphatic rings. The molecule has 0 heterocycles. The molecule has 23 heavy (non-hydrogen) atoms. The summed E-state index contributed by atoms with van der Waals surface area (Å²) in [4.78, 5) is 25.8. The van der Waals surface area contributed by atoms with Crippen LogP contribution >= 0.6 is 0 Å². The molecule has 0 unspecified atom stereocenters. The summed E-state index contributed by atoms with van der Waals surface area (Å²) in [5, 5.41) is 11.9. The van der Waals surface area contributed by atoms with E-state index >= 15 is 0 Å². The molecular weight excluding hydrogens is 292 g/mol. The second-order valence-corrected chi connectivity index (χ2v) is 6.09. The van der Waals surface area contributed by atoms with E-state index in [4.69, 9.17) is 5.11 Å². The number of aliphatic hydroxyl groups is 1. The van der Waals surface area contributed by atoms with Crippen LogP contribution in [0.25, 0.3) is 0 Å². The molecule has 1 aromatic carbocycles. The van der Waals surface area contributed by atoms with Crippen molar-refractivity contribution in [3.05, 3.63) is 47.0 Å². The summed E-state index contributed by atoms with van der Waals surface area (Å²) < 4.78 is 0. The lowest BCUT2D eigenvalue weighted by atomic mass is 10.1. The molecule has 5 heteroatoms. The SMILES string of the molecule is CC(C)=CC(=O)NCc1ccc(C(=O)N(CCO)C2CC2)cc1. The van der Waals surface area contributed by atoms with E-state index in [-0.39, 0.29) is 24.5 Å². The normalized spacial score (nSPS) is 13.3. The fraction of sp³-hybridized carbons (Fsp3) is 0.444. The molecule has 124 valence electrons. The van der Waals surface area contributed by atoms with Gasteiger partial charge in [0.25, 0.3) is 5.91 Å². The van der Waals surface area contributed by atoms with Crippen LogP contribution in [-0.4, -0.2) is 41.0 Å². The van der Waals surface area contributed by atoms with E-state index in [0.717, 1.165) is 24.0 Å². The predicted molar refractivity (Wildman–Crippen MR) is 88.9 cm³/mol. The molecule has 2 rings (SSSR count). The van der Waals surface area contributed by atoms with Crippen LogP contribution in [0.2, 0.25) is 0 Å². The Bertz CT molecular complexity index is 585. The van der Waals surface area contributed by atoms with Crippen LogP contribution < -0.4 is 5.32 Å². The van der Waals surface area contributed by atoms with Crippen LogP contribution in [0.1, 0.15) is 42.6 Å². The Balaban J connectivity index is 1.94. The number of hydrogen-bond donors (Lipinski definition) is 2. The number of amides is 2. The number of nitrogens with zero attached hydrogens (tertiary/aromatic N) is 1. The van der Waals surface area contributed by atoms with Gasteiger partial charge in [-0.3, -0.25) is 9.59 Å². The highest BCUT2D eigenvalue weighted by atomic mass is 16.3. The van der Waals surface area contributed by atoms with Crippen LogP contribution in [0.4, 0.5) is 0 Å². The number of allylic oxidation sites excluding steroid dienone is 1. The zero-order valence-corrected chi connectivity index (χ0v) is 13.7. The molecule has 2 amide bonds. The lowest BCUT2D eigenvalue weighted by Crippen LogP contribution is -2.35. The smallest absolute Gasteiger partial charge is 0.254 e. The number of carbonyl (C=O) groups is 2. The van der Waals surface area contributed by atoms with Crippen molar-refractivity contribution in [2.45, 2.75) is 39.3 Å².